The van der Waals surface area contributed by atoms with Crippen molar-refractivity contribution in [3.05, 3.63) is 52.6 Å². The van der Waals surface area contributed by atoms with E-state index in [2.05, 4.69) is 32.7 Å². The third-order valence-electron chi connectivity index (χ3n) is 5.15. The molecule has 0 spiro atoms. The van der Waals surface area contributed by atoms with Crippen LogP contribution < -0.4 is 10.2 Å². The maximum Gasteiger partial charge on any atom is 0.153 e. The molecule has 4 nitrogen and oxygen atoms in total. The van der Waals surface area contributed by atoms with Crippen LogP contribution in [0.2, 0.25) is 0 Å². The van der Waals surface area contributed by atoms with Gasteiger partial charge in [0.05, 0.1) is 5.69 Å². The van der Waals surface area contributed by atoms with Gasteiger partial charge in [-0.05, 0) is 49.9 Å². The van der Waals surface area contributed by atoms with Gasteiger partial charge in [0, 0.05) is 54.9 Å². The van der Waals surface area contributed by atoms with Crippen LogP contribution in [0.1, 0.15) is 16.7 Å². The van der Waals surface area contributed by atoms with Gasteiger partial charge in [0.25, 0.3) is 0 Å². The Morgan fingerprint density at radius 2 is 1.82 bits per heavy atom. The van der Waals surface area contributed by atoms with Crippen LogP contribution in [0, 0.1) is 30.9 Å². The number of nitrogens with zero attached hydrogens (tertiary/aromatic N) is 2. The fraction of sp³-hybridized carbons (Fsp3) is 0.333. The van der Waals surface area contributed by atoms with Gasteiger partial charge in [-0.1, -0.05) is 5.87 Å². The Labute approximate surface area is 167 Å². The molecule has 1 unspecified atom stereocenters. The highest BCUT2D eigenvalue weighted by Gasteiger charge is 2.19. The number of halogens is 2. The lowest BCUT2D eigenvalue weighted by molar-refractivity contribution is 0.430. The number of hydrogen-bond acceptors (Lipinski definition) is 4. The Morgan fingerprint density at radius 1 is 1.14 bits per heavy atom. The van der Waals surface area contributed by atoms with Crippen molar-refractivity contribution in [3.63, 3.8) is 0 Å². The molecule has 1 aliphatic rings. The van der Waals surface area contributed by atoms with Crippen LogP contribution in [0.3, 0.4) is 0 Å². The summed E-state index contributed by atoms with van der Waals surface area (Å²) in [6, 6.07) is 7.18. The van der Waals surface area contributed by atoms with Gasteiger partial charge in [-0.15, -0.1) is 10.7 Å². The molecule has 3 rings (SSSR count). The monoisotopic (exact) mass is 404 g/mol. The zero-order valence-electron chi connectivity index (χ0n) is 16.5. The minimum atomic E-state index is -0.666. The third kappa shape index (κ3) is 4.10. The highest BCUT2D eigenvalue weighted by Crippen LogP contribution is 2.31. The number of nitrogens with one attached hydrogen (secondary N) is 2. The van der Waals surface area contributed by atoms with Crippen molar-refractivity contribution in [3.8, 4) is 0 Å². The summed E-state index contributed by atoms with van der Waals surface area (Å²) < 4.78 is 30.7. The summed E-state index contributed by atoms with van der Waals surface area (Å²) in [6.07, 6.45) is 3.10. The van der Waals surface area contributed by atoms with Gasteiger partial charge in [-0.3, -0.25) is 4.31 Å². The first-order valence-corrected chi connectivity index (χ1v) is 10.9. The van der Waals surface area contributed by atoms with E-state index in [0.29, 0.717) is 0 Å². The van der Waals surface area contributed by atoms with Crippen molar-refractivity contribution in [2.45, 2.75) is 13.8 Å². The third-order valence-corrected chi connectivity index (χ3v) is 6.39. The molecule has 0 saturated carbocycles. The average molecular weight is 405 g/mol. The van der Waals surface area contributed by atoms with E-state index in [1.54, 1.807) is 0 Å². The van der Waals surface area contributed by atoms with Crippen molar-refractivity contribution in [1.29, 1.82) is 5.41 Å². The van der Waals surface area contributed by atoms with Gasteiger partial charge in [0.2, 0.25) is 0 Å². The van der Waals surface area contributed by atoms with Gasteiger partial charge in [-0.25, -0.2) is 8.78 Å². The molecule has 7 heteroatoms. The van der Waals surface area contributed by atoms with Crippen LogP contribution in [0.15, 0.2) is 24.3 Å². The van der Waals surface area contributed by atoms with Gasteiger partial charge in [-0.2, -0.15) is 0 Å². The zero-order valence-corrected chi connectivity index (χ0v) is 17.3. The largest absolute Gasteiger partial charge is 0.369 e. The van der Waals surface area contributed by atoms with Crippen LogP contribution in [0.25, 0.3) is 0 Å². The van der Waals surface area contributed by atoms with E-state index >= 15 is 0 Å². The fourth-order valence-electron chi connectivity index (χ4n) is 3.35. The summed E-state index contributed by atoms with van der Waals surface area (Å²) in [6.45, 7) is 7.23. The zero-order chi connectivity index (χ0) is 20.4. The van der Waals surface area contributed by atoms with E-state index in [0.717, 1.165) is 49.3 Å². The number of aryl methyl sites for hydroxylation is 1. The number of hydrogen-bond donors (Lipinski definition) is 2. The molecular weight excluding hydrogens is 378 g/mol. The smallest absolute Gasteiger partial charge is 0.153 e. The molecule has 0 aromatic heterocycles. The topological polar surface area (TPSA) is 42.4 Å². The van der Waals surface area contributed by atoms with E-state index < -0.39 is 11.6 Å². The predicted molar refractivity (Wildman–Crippen MR) is 118 cm³/mol. The van der Waals surface area contributed by atoms with Crippen LogP contribution in [-0.2, 0) is 0 Å². The van der Waals surface area contributed by atoms with Gasteiger partial charge < -0.3 is 15.6 Å². The Morgan fingerprint density at radius 3 is 2.39 bits per heavy atom. The molecule has 1 fully saturated rings. The lowest BCUT2D eigenvalue weighted by atomic mass is 10.1. The van der Waals surface area contributed by atoms with E-state index in [4.69, 9.17) is 5.41 Å². The molecule has 2 aromatic rings. The van der Waals surface area contributed by atoms with Crippen molar-refractivity contribution < 1.29 is 8.78 Å². The molecule has 0 aliphatic carbocycles. The Kier molecular flexibility index (Phi) is 6.15. The average Bonchev–Trinajstić information content (AvgIpc) is 2.69. The van der Waals surface area contributed by atoms with Gasteiger partial charge >= 0.3 is 0 Å². The maximum atomic E-state index is 14.6. The van der Waals surface area contributed by atoms with Crippen LogP contribution >= 0.6 is 10.7 Å². The second-order valence-corrected chi connectivity index (χ2v) is 8.76. The van der Waals surface area contributed by atoms with Crippen molar-refractivity contribution >= 4 is 39.8 Å². The van der Waals surface area contributed by atoms with Gasteiger partial charge in [0.1, 0.15) is 5.82 Å². The molecule has 2 aromatic carbocycles. The summed E-state index contributed by atoms with van der Waals surface area (Å²) in [7, 11) is 0.0529. The SMILES string of the molecule is C=S(C)N1CCN(c2ccc(Nc3c(C=N)cc(F)c(C)c3F)c(C)c2)CC1. The minimum Gasteiger partial charge on any atom is -0.369 e. The Hall–Kier alpha value is -2.25. The fourth-order valence-corrected chi connectivity index (χ4v) is 4.14. The molecule has 1 heterocycles. The number of rotatable bonds is 5. The summed E-state index contributed by atoms with van der Waals surface area (Å²) in [5, 5.41) is 10.5. The predicted octanol–water partition coefficient (Wildman–Crippen LogP) is 4.69. The normalized spacial score (nSPS) is 16.1. The van der Waals surface area contributed by atoms with Crippen molar-refractivity contribution in [1.82, 2.24) is 4.31 Å². The van der Waals surface area contributed by atoms with E-state index in [1.165, 1.54) is 13.0 Å². The Bertz CT molecular complexity index is 921. The maximum absolute atomic E-state index is 14.6. The molecule has 0 radical (unpaired) electrons. The molecule has 0 bridgehead atoms. The van der Waals surface area contributed by atoms with Crippen molar-refractivity contribution in [2.75, 3.05) is 42.7 Å². The quantitative estimate of drug-likeness (QED) is 0.561. The summed E-state index contributed by atoms with van der Waals surface area (Å²) in [5.74, 6) is 2.80. The lowest BCUT2D eigenvalue weighted by Gasteiger charge is -2.36. The summed E-state index contributed by atoms with van der Waals surface area (Å²) >= 11 is 0. The molecule has 150 valence electrons. The standard InChI is InChI=1S/C21H26F2N4S/c1-14-11-17(26-7-9-27(10-8-26)28(3)4)5-6-19(14)25-21-16(13-24)12-18(22)15(2)20(21)23/h5-6,11-13,24-25H,3,7-10H2,1-2,4H3. The van der Waals surface area contributed by atoms with Crippen molar-refractivity contribution in [2.24, 2.45) is 0 Å². The first kappa shape index (κ1) is 20.5. The summed E-state index contributed by atoms with van der Waals surface area (Å²) in [4.78, 5) is 2.34. The second kappa shape index (κ2) is 8.41. The molecule has 1 aliphatic heterocycles. The Balaban J connectivity index is 1.82. The molecular formula is C21H26F2N4S. The van der Waals surface area contributed by atoms with Crippen LogP contribution in [0.4, 0.5) is 25.8 Å². The minimum absolute atomic E-state index is 0.0529. The van der Waals surface area contributed by atoms with E-state index in [-0.39, 0.29) is 27.5 Å². The molecule has 1 saturated heterocycles. The van der Waals surface area contributed by atoms with E-state index in [1.807, 2.05) is 19.1 Å². The highest BCUT2D eigenvalue weighted by atomic mass is 32.2. The van der Waals surface area contributed by atoms with Crippen LogP contribution in [0.5, 0.6) is 0 Å². The first-order valence-electron chi connectivity index (χ1n) is 9.14. The van der Waals surface area contributed by atoms with Crippen LogP contribution in [-0.4, -0.2) is 48.8 Å². The first-order chi connectivity index (χ1) is 13.3. The summed E-state index contributed by atoms with van der Waals surface area (Å²) in [5.41, 5.74) is 3.09. The molecule has 2 N–H and O–H groups in total. The van der Waals surface area contributed by atoms with E-state index in [9.17, 15) is 8.78 Å². The molecule has 1 atom stereocenters. The van der Waals surface area contributed by atoms with Gasteiger partial charge in [0.15, 0.2) is 5.82 Å². The molecule has 0 amide bonds. The number of benzene rings is 2. The number of anilines is 3. The lowest BCUT2D eigenvalue weighted by Crippen LogP contribution is -2.43. The molecule has 28 heavy (non-hydrogen) atoms. The number of piperazine rings is 1. The highest BCUT2D eigenvalue weighted by molar-refractivity contribution is 8.11. The second-order valence-electron chi connectivity index (χ2n) is 7.05.